The molecule has 0 saturated heterocycles. The van der Waals surface area contributed by atoms with Gasteiger partial charge in [-0.15, -0.1) is 0 Å². The Balaban J connectivity index is 2.86. The number of Topliss-reactive ketones (excluding diaryl/α,β-unsaturated/α-hetero) is 2. The Labute approximate surface area is 91.7 Å². The lowest BCUT2D eigenvalue weighted by atomic mass is 9.70. The molecular formula is C13H20O2. The van der Waals surface area contributed by atoms with E-state index in [0.717, 1.165) is 25.7 Å². The van der Waals surface area contributed by atoms with Crippen LogP contribution >= 0.6 is 0 Å². The summed E-state index contributed by atoms with van der Waals surface area (Å²) in [6.45, 7) is 3.63. The van der Waals surface area contributed by atoms with Crippen LogP contribution in [0.1, 0.15) is 52.4 Å². The van der Waals surface area contributed by atoms with E-state index < -0.39 is 5.41 Å². The minimum absolute atomic E-state index is 0.0135. The summed E-state index contributed by atoms with van der Waals surface area (Å²) >= 11 is 0. The predicted molar refractivity (Wildman–Crippen MR) is 60.6 cm³/mol. The molecule has 0 bridgehead atoms. The normalized spacial score (nSPS) is 27.2. The van der Waals surface area contributed by atoms with Crippen LogP contribution in [0.25, 0.3) is 0 Å². The van der Waals surface area contributed by atoms with E-state index in [1.807, 2.05) is 12.2 Å². The van der Waals surface area contributed by atoms with E-state index in [9.17, 15) is 9.59 Å². The number of ketones is 2. The van der Waals surface area contributed by atoms with Crippen LogP contribution in [0.15, 0.2) is 12.2 Å². The van der Waals surface area contributed by atoms with Gasteiger partial charge in [-0.05, 0) is 26.2 Å². The standard InChI is InChI=1S/C13H20O2/c1-3-4-6-9-13(11(2)14)10-7-5-8-12(13)15/h6,9H,3-5,7-8,10H2,1-2H3. The van der Waals surface area contributed by atoms with Crippen LogP contribution in [0.5, 0.6) is 0 Å². The number of hydrogen-bond acceptors (Lipinski definition) is 2. The van der Waals surface area contributed by atoms with E-state index in [0.29, 0.717) is 12.8 Å². The molecule has 0 radical (unpaired) electrons. The number of unbranched alkanes of at least 4 members (excludes halogenated alkanes) is 1. The second-order valence-corrected chi connectivity index (χ2v) is 4.35. The highest BCUT2D eigenvalue weighted by molar-refractivity contribution is 6.08. The van der Waals surface area contributed by atoms with Gasteiger partial charge in [0.05, 0.1) is 0 Å². The van der Waals surface area contributed by atoms with E-state index in [1.165, 1.54) is 0 Å². The molecule has 0 N–H and O–H groups in total. The van der Waals surface area contributed by atoms with Gasteiger partial charge >= 0.3 is 0 Å². The van der Waals surface area contributed by atoms with Crippen molar-refractivity contribution in [2.45, 2.75) is 52.4 Å². The zero-order valence-corrected chi connectivity index (χ0v) is 9.71. The highest BCUT2D eigenvalue weighted by Gasteiger charge is 2.41. The maximum Gasteiger partial charge on any atom is 0.150 e. The third-order valence-corrected chi connectivity index (χ3v) is 3.21. The largest absolute Gasteiger partial charge is 0.299 e. The quantitative estimate of drug-likeness (QED) is 0.525. The lowest BCUT2D eigenvalue weighted by Crippen LogP contribution is -2.38. The van der Waals surface area contributed by atoms with Crippen LogP contribution in [0.2, 0.25) is 0 Å². The van der Waals surface area contributed by atoms with Gasteiger partial charge in [-0.1, -0.05) is 31.9 Å². The first-order valence-corrected chi connectivity index (χ1v) is 5.85. The van der Waals surface area contributed by atoms with Gasteiger partial charge in [0.15, 0.2) is 0 Å². The molecule has 1 unspecified atom stereocenters. The summed E-state index contributed by atoms with van der Waals surface area (Å²) in [4.78, 5) is 23.5. The first-order chi connectivity index (χ1) is 7.13. The fourth-order valence-electron chi connectivity index (χ4n) is 2.17. The second-order valence-electron chi connectivity index (χ2n) is 4.35. The van der Waals surface area contributed by atoms with Crippen LogP contribution in [0.3, 0.4) is 0 Å². The molecule has 0 aliphatic heterocycles. The van der Waals surface area contributed by atoms with Gasteiger partial charge in [-0.2, -0.15) is 0 Å². The van der Waals surface area contributed by atoms with Crippen LogP contribution in [0.4, 0.5) is 0 Å². The van der Waals surface area contributed by atoms with E-state index >= 15 is 0 Å². The van der Waals surface area contributed by atoms with Crippen LogP contribution in [-0.4, -0.2) is 11.6 Å². The van der Waals surface area contributed by atoms with Crippen molar-refractivity contribution in [1.29, 1.82) is 0 Å². The smallest absolute Gasteiger partial charge is 0.150 e. The molecule has 15 heavy (non-hydrogen) atoms. The first-order valence-electron chi connectivity index (χ1n) is 5.85. The Morgan fingerprint density at radius 1 is 1.47 bits per heavy atom. The van der Waals surface area contributed by atoms with Gasteiger partial charge in [0, 0.05) is 6.42 Å². The monoisotopic (exact) mass is 208 g/mol. The summed E-state index contributed by atoms with van der Waals surface area (Å²) < 4.78 is 0. The summed E-state index contributed by atoms with van der Waals surface area (Å²) in [6.07, 6.45) is 9.06. The Morgan fingerprint density at radius 2 is 2.20 bits per heavy atom. The predicted octanol–water partition coefficient (Wildman–Crippen LogP) is 3.06. The number of rotatable bonds is 4. The van der Waals surface area contributed by atoms with E-state index in [-0.39, 0.29) is 11.6 Å². The number of carbonyl (C=O) groups is 2. The van der Waals surface area contributed by atoms with Crippen molar-refractivity contribution >= 4 is 11.6 Å². The topological polar surface area (TPSA) is 34.1 Å². The number of carbonyl (C=O) groups excluding carboxylic acids is 2. The average molecular weight is 208 g/mol. The van der Waals surface area contributed by atoms with Gasteiger partial charge in [0.2, 0.25) is 0 Å². The minimum Gasteiger partial charge on any atom is -0.299 e. The molecule has 0 aromatic heterocycles. The number of hydrogen-bond donors (Lipinski definition) is 0. The Hall–Kier alpha value is -0.920. The summed E-state index contributed by atoms with van der Waals surface area (Å²) in [5, 5.41) is 0. The maximum absolute atomic E-state index is 11.9. The van der Waals surface area contributed by atoms with Gasteiger partial charge in [-0.3, -0.25) is 9.59 Å². The Bertz CT molecular complexity index is 278. The summed E-state index contributed by atoms with van der Waals surface area (Å²) in [5.41, 5.74) is -0.770. The van der Waals surface area contributed by atoms with Crippen molar-refractivity contribution < 1.29 is 9.59 Å². The van der Waals surface area contributed by atoms with Crippen molar-refractivity contribution in [3.05, 3.63) is 12.2 Å². The summed E-state index contributed by atoms with van der Waals surface area (Å²) in [6, 6.07) is 0. The average Bonchev–Trinajstić information content (AvgIpc) is 2.21. The third kappa shape index (κ3) is 2.55. The molecule has 1 aliphatic carbocycles. The van der Waals surface area contributed by atoms with Crippen molar-refractivity contribution in [2.24, 2.45) is 5.41 Å². The van der Waals surface area contributed by atoms with Crippen molar-refractivity contribution in [3.63, 3.8) is 0 Å². The fraction of sp³-hybridized carbons (Fsp3) is 0.692. The van der Waals surface area contributed by atoms with Crippen molar-refractivity contribution in [1.82, 2.24) is 0 Å². The Kier molecular flexibility index (Phi) is 4.25. The zero-order chi connectivity index (χ0) is 11.3. The molecule has 1 atom stereocenters. The minimum atomic E-state index is -0.770. The molecule has 1 saturated carbocycles. The van der Waals surface area contributed by atoms with E-state index in [2.05, 4.69) is 6.92 Å². The maximum atomic E-state index is 11.9. The van der Waals surface area contributed by atoms with Crippen LogP contribution in [0, 0.1) is 5.41 Å². The molecule has 0 amide bonds. The highest BCUT2D eigenvalue weighted by atomic mass is 16.2. The first kappa shape index (κ1) is 12.2. The molecule has 0 aromatic rings. The van der Waals surface area contributed by atoms with Gasteiger partial charge in [0.1, 0.15) is 17.0 Å². The van der Waals surface area contributed by atoms with Gasteiger partial charge in [-0.25, -0.2) is 0 Å². The molecule has 2 nitrogen and oxygen atoms in total. The van der Waals surface area contributed by atoms with Crippen LogP contribution in [-0.2, 0) is 9.59 Å². The van der Waals surface area contributed by atoms with Gasteiger partial charge < -0.3 is 0 Å². The number of allylic oxidation sites excluding steroid dienone is 2. The summed E-state index contributed by atoms with van der Waals surface area (Å²) in [5.74, 6) is 0.133. The van der Waals surface area contributed by atoms with Crippen LogP contribution < -0.4 is 0 Å². The summed E-state index contributed by atoms with van der Waals surface area (Å²) in [7, 11) is 0. The molecule has 2 heteroatoms. The lowest BCUT2D eigenvalue weighted by molar-refractivity contribution is -0.138. The molecule has 1 fully saturated rings. The Morgan fingerprint density at radius 3 is 2.73 bits per heavy atom. The second kappa shape index (κ2) is 5.24. The molecule has 0 aromatic carbocycles. The molecule has 1 rings (SSSR count). The molecular weight excluding hydrogens is 188 g/mol. The van der Waals surface area contributed by atoms with E-state index in [1.54, 1.807) is 6.92 Å². The van der Waals surface area contributed by atoms with Gasteiger partial charge in [0.25, 0.3) is 0 Å². The van der Waals surface area contributed by atoms with Crippen molar-refractivity contribution in [2.75, 3.05) is 0 Å². The lowest BCUT2D eigenvalue weighted by Gasteiger charge is -2.30. The van der Waals surface area contributed by atoms with Crippen molar-refractivity contribution in [3.8, 4) is 0 Å². The SMILES string of the molecule is CCCC=CC1(C(C)=O)CCCCC1=O. The fourth-order valence-corrected chi connectivity index (χ4v) is 2.17. The highest BCUT2D eigenvalue weighted by Crippen LogP contribution is 2.35. The zero-order valence-electron chi connectivity index (χ0n) is 9.71. The molecule has 0 spiro atoms. The molecule has 0 heterocycles. The van der Waals surface area contributed by atoms with E-state index in [4.69, 9.17) is 0 Å². The molecule has 1 aliphatic rings. The third-order valence-electron chi connectivity index (χ3n) is 3.21. The molecule has 84 valence electrons.